The van der Waals surface area contributed by atoms with Crippen LogP contribution in [-0.4, -0.2) is 55.9 Å². The van der Waals surface area contributed by atoms with Gasteiger partial charge in [0.2, 0.25) is 15.9 Å². The van der Waals surface area contributed by atoms with Crippen molar-refractivity contribution in [1.29, 1.82) is 0 Å². The van der Waals surface area contributed by atoms with Crippen molar-refractivity contribution in [2.75, 3.05) is 23.7 Å². The van der Waals surface area contributed by atoms with Gasteiger partial charge in [-0.3, -0.25) is 0 Å². The number of likely N-dealkylation sites (tertiary alicyclic amines) is 1. The topological polar surface area (TPSA) is 89.0 Å². The van der Waals surface area contributed by atoms with E-state index < -0.39 is 15.8 Å². The first kappa shape index (κ1) is 22.8. The van der Waals surface area contributed by atoms with E-state index in [4.69, 9.17) is 9.47 Å². The third kappa shape index (κ3) is 5.84. The minimum absolute atomic E-state index is 0.0841. The third-order valence-corrected chi connectivity index (χ3v) is 5.75. The zero-order valence-electron chi connectivity index (χ0n) is 17.7. The SMILES string of the molecule is CC(C)OC(=O)N1CCC(Oc2cc(N(c3ccccc3F)S(C)(=O)=O)ccn2)CC1. The van der Waals surface area contributed by atoms with Gasteiger partial charge in [0.05, 0.1) is 23.7 Å². The zero-order valence-corrected chi connectivity index (χ0v) is 18.5. The number of benzene rings is 1. The number of nitrogens with zero attached hydrogens (tertiary/aromatic N) is 3. The number of halogens is 1. The van der Waals surface area contributed by atoms with Gasteiger partial charge >= 0.3 is 6.09 Å². The molecule has 0 radical (unpaired) electrons. The molecule has 0 aliphatic carbocycles. The standard InChI is InChI=1S/C21H26FN3O5S/c1-15(2)29-21(26)24-12-9-17(10-13-24)30-20-14-16(8-11-23-20)25(31(3,27)28)19-7-5-4-6-18(19)22/h4-8,11,14-15,17H,9-10,12-13H2,1-3H3. The lowest BCUT2D eigenvalue weighted by Crippen LogP contribution is -2.42. The molecular formula is C21H26FN3O5S. The summed E-state index contributed by atoms with van der Waals surface area (Å²) in [4.78, 5) is 17.8. The van der Waals surface area contributed by atoms with Crippen LogP contribution in [-0.2, 0) is 14.8 Å². The molecule has 1 saturated heterocycles. The van der Waals surface area contributed by atoms with E-state index in [1.165, 1.54) is 36.5 Å². The fourth-order valence-electron chi connectivity index (χ4n) is 3.32. The first-order chi connectivity index (χ1) is 14.6. The number of piperidine rings is 1. The average molecular weight is 452 g/mol. The number of carbonyl (C=O) groups is 1. The Bertz CT molecular complexity index is 1020. The summed E-state index contributed by atoms with van der Waals surface area (Å²) in [6.45, 7) is 4.57. The molecule has 0 saturated carbocycles. The zero-order chi connectivity index (χ0) is 22.6. The molecule has 0 N–H and O–H groups in total. The number of para-hydroxylation sites is 1. The Kier molecular flexibility index (Phi) is 6.99. The van der Waals surface area contributed by atoms with Crippen LogP contribution in [0.3, 0.4) is 0 Å². The van der Waals surface area contributed by atoms with E-state index in [0.717, 1.165) is 10.6 Å². The summed E-state index contributed by atoms with van der Waals surface area (Å²) >= 11 is 0. The Morgan fingerprint density at radius 2 is 1.90 bits per heavy atom. The van der Waals surface area contributed by atoms with Crippen LogP contribution >= 0.6 is 0 Å². The first-order valence-electron chi connectivity index (χ1n) is 9.98. The van der Waals surface area contributed by atoms with Gasteiger partial charge in [0.25, 0.3) is 0 Å². The van der Waals surface area contributed by atoms with Crippen LogP contribution in [0.4, 0.5) is 20.6 Å². The van der Waals surface area contributed by atoms with Gasteiger partial charge in [0.1, 0.15) is 11.9 Å². The Morgan fingerprint density at radius 1 is 1.23 bits per heavy atom. The number of amides is 1. The fourth-order valence-corrected chi connectivity index (χ4v) is 4.32. The summed E-state index contributed by atoms with van der Waals surface area (Å²) < 4.78 is 51.2. The number of hydrogen-bond donors (Lipinski definition) is 0. The largest absolute Gasteiger partial charge is 0.474 e. The molecule has 0 spiro atoms. The lowest BCUT2D eigenvalue weighted by Gasteiger charge is -2.31. The summed E-state index contributed by atoms with van der Waals surface area (Å²) in [5.74, 6) is -0.432. The van der Waals surface area contributed by atoms with Crippen LogP contribution in [0.25, 0.3) is 0 Å². The van der Waals surface area contributed by atoms with Gasteiger partial charge in [-0.25, -0.2) is 26.9 Å². The van der Waals surface area contributed by atoms with Crippen LogP contribution < -0.4 is 9.04 Å². The van der Waals surface area contributed by atoms with E-state index >= 15 is 0 Å². The van der Waals surface area contributed by atoms with Crippen molar-refractivity contribution < 1.29 is 27.1 Å². The molecule has 10 heteroatoms. The molecule has 0 bridgehead atoms. The maximum absolute atomic E-state index is 14.3. The molecule has 1 aromatic heterocycles. The summed E-state index contributed by atoms with van der Waals surface area (Å²) in [5, 5.41) is 0. The van der Waals surface area contributed by atoms with Gasteiger partial charge < -0.3 is 14.4 Å². The van der Waals surface area contributed by atoms with Crippen molar-refractivity contribution in [3.8, 4) is 5.88 Å². The highest BCUT2D eigenvalue weighted by Crippen LogP contribution is 2.32. The molecular weight excluding hydrogens is 425 g/mol. The van der Waals surface area contributed by atoms with Gasteiger partial charge in [0.15, 0.2) is 0 Å². The van der Waals surface area contributed by atoms with Gasteiger partial charge in [-0.15, -0.1) is 0 Å². The summed E-state index contributed by atoms with van der Waals surface area (Å²) in [5.41, 5.74) is 0.134. The van der Waals surface area contributed by atoms with E-state index in [-0.39, 0.29) is 35.6 Å². The highest BCUT2D eigenvalue weighted by atomic mass is 32.2. The molecule has 1 amide bonds. The summed E-state index contributed by atoms with van der Waals surface area (Å²) in [6, 6.07) is 8.59. The van der Waals surface area contributed by atoms with Crippen LogP contribution in [0.2, 0.25) is 0 Å². The van der Waals surface area contributed by atoms with Crippen LogP contribution in [0, 0.1) is 5.82 Å². The van der Waals surface area contributed by atoms with E-state index in [2.05, 4.69) is 4.98 Å². The number of ether oxygens (including phenoxy) is 2. The predicted octanol–water partition coefficient (Wildman–Crippen LogP) is 3.71. The van der Waals surface area contributed by atoms with Crippen molar-refractivity contribution in [3.05, 3.63) is 48.4 Å². The quantitative estimate of drug-likeness (QED) is 0.665. The molecule has 2 aromatic rings. The molecule has 1 aromatic carbocycles. The monoisotopic (exact) mass is 451 g/mol. The highest BCUT2D eigenvalue weighted by Gasteiger charge is 2.27. The minimum atomic E-state index is -3.82. The normalized spacial score (nSPS) is 15.1. The molecule has 0 atom stereocenters. The van der Waals surface area contributed by atoms with Crippen LogP contribution in [0.1, 0.15) is 26.7 Å². The van der Waals surface area contributed by atoms with E-state index in [1.807, 2.05) is 0 Å². The van der Waals surface area contributed by atoms with Gasteiger partial charge in [-0.05, 0) is 32.0 Å². The lowest BCUT2D eigenvalue weighted by atomic mass is 10.1. The average Bonchev–Trinajstić information content (AvgIpc) is 2.69. The van der Waals surface area contributed by atoms with Gasteiger partial charge in [0, 0.05) is 38.2 Å². The number of hydrogen-bond acceptors (Lipinski definition) is 6. The molecule has 0 unspecified atom stereocenters. The summed E-state index contributed by atoms with van der Waals surface area (Å²) in [6.07, 6.45) is 2.88. The second-order valence-corrected chi connectivity index (χ2v) is 9.40. The van der Waals surface area contributed by atoms with E-state index in [9.17, 15) is 17.6 Å². The number of carbonyl (C=O) groups excluding carboxylic acids is 1. The number of anilines is 2. The first-order valence-corrected chi connectivity index (χ1v) is 11.8. The van der Waals surface area contributed by atoms with Crippen molar-refractivity contribution in [3.63, 3.8) is 0 Å². The van der Waals surface area contributed by atoms with Gasteiger partial charge in [-0.1, -0.05) is 12.1 Å². The van der Waals surface area contributed by atoms with E-state index in [0.29, 0.717) is 25.9 Å². The van der Waals surface area contributed by atoms with Gasteiger partial charge in [-0.2, -0.15) is 0 Å². The van der Waals surface area contributed by atoms with E-state index in [1.54, 1.807) is 24.8 Å². The molecule has 1 fully saturated rings. The number of sulfonamides is 1. The molecule has 31 heavy (non-hydrogen) atoms. The van der Waals surface area contributed by atoms with Crippen molar-refractivity contribution >= 4 is 27.5 Å². The van der Waals surface area contributed by atoms with Crippen LogP contribution in [0.5, 0.6) is 5.88 Å². The predicted molar refractivity (Wildman–Crippen MR) is 114 cm³/mol. The molecule has 168 valence electrons. The maximum Gasteiger partial charge on any atom is 0.410 e. The second-order valence-electron chi connectivity index (χ2n) is 7.57. The number of aromatic nitrogens is 1. The highest BCUT2D eigenvalue weighted by molar-refractivity contribution is 7.92. The fraction of sp³-hybridized carbons (Fsp3) is 0.429. The Morgan fingerprint density at radius 3 is 2.52 bits per heavy atom. The van der Waals surface area contributed by atoms with Crippen molar-refractivity contribution in [2.45, 2.75) is 38.9 Å². The maximum atomic E-state index is 14.3. The second kappa shape index (κ2) is 9.51. The smallest absolute Gasteiger partial charge is 0.410 e. The number of rotatable bonds is 6. The van der Waals surface area contributed by atoms with Crippen LogP contribution in [0.15, 0.2) is 42.6 Å². The molecule has 8 nitrogen and oxygen atoms in total. The minimum Gasteiger partial charge on any atom is -0.474 e. The van der Waals surface area contributed by atoms with Crippen molar-refractivity contribution in [2.24, 2.45) is 0 Å². The molecule has 1 aliphatic rings. The molecule has 3 rings (SSSR count). The Labute approximate surface area is 181 Å². The summed E-state index contributed by atoms with van der Waals surface area (Å²) in [7, 11) is -3.82. The molecule has 2 heterocycles. The number of pyridine rings is 1. The Hall–Kier alpha value is -2.88. The lowest BCUT2D eigenvalue weighted by molar-refractivity contribution is 0.0507. The Balaban J connectivity index is 1.73. The third-order valence-electron chi connectivity index (χ3n) is 4.68. The molecule has 1 aliphatic heterocycles. The van der Waals surface area contributed by atoms with Crippen molar-refractivity contribution in [1.82, 2.24) is 9.88 Å².